The lowest BCUT2D eigenvalue weighted by atomic mass is 10.2. The number of esters is 1. The SMILES string of the molecule is COC(=O)c1cc(N)ccc1Oc1cc(Cl)c(Cl)cc1Cl. The van der Waals surface area contributed by atoms with Gasteiger partial charge in [-0.3, -0.25) is 0 Å². The van der Waals surface area contributed by atoms with Crippen molar-refractivity contribution in [1.82, 2.24) is 0 Å². The number of methoxy groups -OCH3 is 1. The van der Waals surface area contributed by atoms with Gasteiger partial charge in [0.25, 0.3) is 0 Å². The second-order valence-electron chi connectivity index (χ2n) is 4.05. The highest BCUT2D eigenvalue weighted by molar-refractivity contribution is 6.43. The summed E-state index contributed by atoms with van der Waals surface area (Å²) in [5.41, 5.74) is 6.25. The van der Waals surface area contributed by atoms with Crippen LogP contribution in [0.3, 0.4) is 0 Å². The molecule has 7 heteroatoms. The summed E-state index contributed by atoms with van der Waals surface area (Å²) in [6, 6.07) is 7.50. The molecule has 2 aromatic carbocycles. The van der Waals surface area contributed by atoms with Crippen LogP contribution >= 0.6 is 34.8 Å². The lowest BCUT2D eigenvalue weighted by Crippen LogP contribution is -2.05. The van der Waals surface area contributed by atoms with E-state index in [0.29, 0.717) is 10.7 Å². The number of carbonyl (C=O) groups is 1. The molecule has 0 unspecified atom stereocenters. The predicted octanol–water partition coefficient (Wildman–Crippen LogP) is 4.81. The zero-order chi connectivity index (χ0) is 15.6. The molecule has 0 aliphatic carbocycles. The van der Waals surface area contributed by atoms with E-state index in [9.17, 15) is 4.79 Å². The van der Waals surface area contributed by atoms with Crippen LogP contribution in [0, 0.1) is 0 Å². The first-order valence-corrected chi connectivity index (χ1v) is 6.86. The van der Waals surface area contributed by atoms with Gasteiger partial charge in [0, 0.05) is 11.8 Å². The molecule has 2 N–H and O–H groups in total. The van der Waals surface area contributed by atoms with Crippen molar-refractivity contribution in [1.29, 1.82) is 0 Å². The Kier molecular flexibility index (Phi) is 4.83. The molecular weight excluding hydrogens is 337 g/mol. The summed E-state index contributed by atoms with van der Waals surface area (Å²) in [5, 5.41) is 0.850. The van der Waals surface area contributed by atoms with Crippen molar-refractivity contribution < 1.29 is 14.3 Å². The molecule has 0 aromatic heterocycles. The van der Waals surface area contributed by atoms with Crippen molar-refractivity contribution >= 4 is 46.5 Å². The van der Waals surface area contributed by atoms with E-state index in [2.05, 4.69) is 4.74 Å². The van der Waals surface area contributed by atoms with Gasteiger partial charge in [-0.05, 0) is 24.3 Å². The van der Waals surface area contributed by atoms with Gasteiger partial charge in [-0.25, -0.2) is 4.79 Å². The van der Waals surface area contributed by atoms with Gasteiger partial charge < -0.3 is 15.2 Å². The minimum atomic E-state index is -0.575. The number of nitrogens with two attached hydrogens (primary N) is 1. The fourth-order valence-corrected chi connectivity index (χ4v) is 2.18. The number of benzene rings is 2. The lowest BCUT2D eigenvalue weighted by Gasteiger charge is -2.12. The molecule has 0 aliphatic rings. The number of halogens is 3. The van der Waals surface area contributed by atoms with Crippen LogP contribution in [-0.2, 0) is 4.74 Å². The Morgan fingerprint density at radius 3 is 2.33 bits per heavy atom. The fourth-order valence-electron chi connectivity index (χ4n) is 1.61. The van der Waals surface area contributed by atoms with Gasteiger partial charge in [0.1, 0.15) is 17.1 Å². The van der Waals surface area contributed by atoms with E-state index in [1.807, 2.05) is 0 Å². The first-order valence-electron chi connectivity index (χ1n) is 5.72. The first-order chi connectivity index (χ1) is 9.92. The van der Waals surface area contributed by atoms with Crippen molar-refractivity contribution in [2.45, 2.75) is 0 Å². The summed E-state index contributed by atoms with van der Waals surface area (Å²) in [4.78, 5) is 11.7. The van der Waals surface area contributed by atoms with Gasteiger partial charge in [0.2, 0.25) is 0 Å². The van der Waals surface area contributed by atoms with E-state index < -0.39 is 5.97 Å². The Morgan fingerprint density at radius 2 is 1.67 bits per heavy atom. The zero-order valence-electron chi connectivity index (χ0n) is 10.8. The summed E-state index contributed by atoms with van der Waals surface area (Å²) in [7, 11) is 1.27. The quantitative estimate of drug-likeness (QED) is 0.492. The highest BCUT2D eigenvalue weighted by Gasteiger charge is 2.16. The number of rotatable bonds is 3. The molecule has 0 saturated carbocycles. The summed E-state index contributed by atoms with van der Waals surface area (Å²) >= 11 is 17.8. The molecule has 0 spiro atoms. The molecule has 110 valence electrons. The number of hydrogen-bond donors (Lipinski definition) is 1. The number of nitrogen functional groups attached to an aromatic ring is 1. The highest BCUT2D eigenvalue weighted by Crippen LogP contribution is 2.37. The third kappa shape index (κ3) is 3.53. The smallest absolute Gasteiger partial charge is 0.341 e. The van der Waals surface area contributed by atoms with Crippen molar-refractivity contribution in [3.05, 3.63) is 51.0 Å². The van der Waals surface area contributed by atoms with E-state index in [1.165, 1.54) is 25.3 Å². The van der Waals surface area contributed by atoms with Crippen LogP contribution in [0.2, 0.25) is 15.1 Å². The Hall–Kier alpha value is -1.62. The molecule has 0 heterocycles. The van der Waals surface area contributed by atoms with E-state index in [4.69, 9.17) is 45.3 Å². The van der Waals surface area contributed by atoms with Gasteiger partial charge in [-0.1, -0.05) is 34.8 Å². The van der Waals surface area contributed by atoms with Gasteiger partial charge in [0.15, 0.2) is 0 Å². The van der Waals surface area contributed by atoms with E-state index in [0.717, 1.165) is 0 Å². The van der Waals surface area contributed by atoms with Crippen LogP contribution < -0.4 is 10.5 Å². The Balaban J connectivity index is 2.44. The molecule has 0 bridgehead atoms. The number of hydrogen-bond acceptors (Lipinski definition) is 4. The molecular formula is C14H10Cl3NO3. The molecule has 0 amide bonds. The third-order valence-electron chi connectivity index (χ3n) is 2.60. The number of carbonyl (C=O) groups excluding carboxylic acids is 1. The van der Waals surface area contributed by atoms with Crippen LogP contribution in [0.5, 0.6) is 11.5 Å². The van der Waals surface area contributed by atoms with Crippen LogP contribution in [0.4, 0.5) is 5.69 Å². The largest absolute Gasteiger partial charge is 0.465 e. The average molecular weight is 347 g/mol. The molecule has 2 aromatic rings. The zero-order valence-corrected chi connectivity index (χ0v) is 13.1. The third-order valence-corrected chi connectivity index (χ3v) is 3.62. The van der Waals surface area contributed by atoms with Crippen LogP contribution in [0.25, 0.3) is 0 Å². The van der Waals surface area contributed by atoms with Gasteiger partial charge >= 0.3 is 5.97 Å². The lowest BCUT2D eigenvalue weighted by molar-refractivity contribution is 0.0598. The molecule has 0 fully saturated rings. The molecule has 2 rings (SSSR count). The van der Waals surface area contributed by atoms with Crippen molar-refractivity contribution in [3.63, 3.8) is 0 Å². The molecule has 21 heavy (non-hydrogen) atoms. The fraction of sp³-hybridized carbons (Fsp3) is 0.0714. The standard InChI is InChI=1S/C14H10Cl3NO3/c1-20-14(19)8-4-7(18)2-3-12(8)21-13-6-10(16)9(15)5-11(13)17/h2-6H,18H2,1H3. The normalized spacial score (nSPS) is 10.3. The Morgan fingerprint density at radius 1 is 1.00 bits per heavy atom. The molecule has 0 aliphatic heterocycles. The van der Waals surface area contributed by atoms with E-state index in [-0.39, 0.29) is 27.1 Å². The summed E-state index contributed by atoms with van der Waals surface area (Å²) in [6.07, 6.45) is 0. The van der Waals surface area contributed by atoms with Gasteiger partial charge in [-0.15, -0.1) is 0 Å². The maximum absolute atomic E-state index is 11.7. The average Bonchev–Trinajstić information content (AvgIpc) is 2.45. The maximum atomic E-state index is 11.7. The van der Waals surface area contributed by atoms with Crippen molar-refractivity contribution in [2.24, 2.45) is 0 Å². The van der Waals surface area contributed by atoms with Crippen LogP contribution in [0.1, 0.15) is 10.4 Å². The second-order valence-corrected chi connectivity index (χ2v) is 5.27. The number of ether oxygens (including phenoxy) is 2. The molecule has 0 radical (unpaired) electrons. The van der Waals surface area contributed by atoms with Crippen molar-refractivity contribution in [3.8, 4) is 11.5 Å². The topological polar surface area (TPSA) is 61.5 Å². The Bertz CT molecular complexity index is 704. The second kappa shape index (κ2) is 6.43. The van der Waals surface area contributed by atoms with Gasteiger partial charge in [0.05, 0.1) is 22.2 Å². The Labute approximate surface area is 136 Å². The minimum Gasteiger partial charge on any atom is -0.465 e. The predicted molar refractivity (Wildman–Crippen MR) is 83.7 cm³/mol. The van der Waals surface area contributed by atoms with Gasteiger partial charge in [-0.2, -0.15) is 0 Å². The summed E-state index contributed by atoms with van der Waals surface area (Å²) < 4.78 is 10.3. The molecule has 0 saturated heterocycles. The minimum absolute atomic E-state index is 0.180. The number of anilines is 1. The first kappa shape index (κ1) is 15.8. The van der Waals surface area contributed by atoms with Crippen LogP contribution in [-0.4, -0.2) is 13.1 Å². The van der Waals surface area contributed by atoms with Crippen LogP contribution in [0.15, 0.2) is 30.3 Å². The van der Waals surface area contributed by atoms with E-state index >= 15 is 0 Å². The highest BCUT2D eigenvalue weighted by atomic mass is 35.5. The maximum Gasteiger partial charge on any atom is 0.341 e. The summed E-state index contributed by atoms with van der Waals surface area (Å²) in [5.74, 6) is -0.0641. The summed E-state index contributed by atoms with van der Waals surface area (Å²) in [6.45, 7) is 0. The molecule has 0 atom stereocenters. The van der Waals surface area contributed by atoms with Crippen molar-refractivity contribution in [2.75, 3.05) is 12.8 Å². The monoisotopic (exact) mass is 345 g/mol. The molecule has 4 nitrogen and oxygen atoms in total. The van der Waals surface area contributed by atoms with E-state index in [1.54, 1.807) is 12.1 Å².